The number of hydrogen-bond donors (Lipinski definition) is 0. The van der Waals surface area contributed by atoms with Crippen LogP contribution in [0.15, 0.2) is 35.4 Å². The molecule has 2 heterocycles. The lowest BCUT2D eigenvalue weighted by atomic mass is 10.3. The summed E-state index contributed by atoms with van der Waals surface area (Å²) in [5, 5.41) is 17.3. The second kappa shape index (κ2) is 5.73. The summed E-state index contributed by atoms with van der Waals surface area (Å²) >= 11 is 6.45. The van der Waals surface area contributed by atoms with Gasteiger partial charge in [0.05, 0.1) is 23.2 Å². The van der Waals surface area contributed by atoms with E-state index in [1.165, 1.54) is 0 Å². The number of rotatable bonds is 3. The molecule has 6 nitrogen and oxygen atoms in total. The van der Waals surface area contributed by atoms with Gasteiger partial charge in [0, 0.05) is 0 Å². The summed E-state index contributed by atoms with van der Waals surface area (Å²) in [4.78, 5) is 0. The van der Waals surface area contributed by atoms with Crippen molar-refractivity contribution in [2.24, 2.45) is 5.10 Å². The second-order valence-corrected chi connectivity index (χ2v) is 5.25. The maximum absolute atomic E-state index is 6.45. The summed E-state index contributed by atoms with van der Waals surface area (Å²) < 4.78 is 3.36. The summed E-state index contributed by atoms with van der Waals surface area (Å²) in [5.41, 5.74) is 2.49. The molecule has 0 bridgehead atoms. The highest BCUT2D eigenvalue weighted by Crippen LogP contribution is 2.22. The van der Waals surface area contributed by atoms with Crippen LogP contribution in [0, 0.1) is 20.8 Å². The highest BCUT2D eigenvalue weighted by Gasteiger charge is 2.13. The zero-order chi connectivity index (χ0) is 15.7. The van der Waals surface area contributed by atoms with Crippen LogP contribution in [0.5, 0.6) is 0 Å². The van der Waals surface area contributed by atoms with Crippen molar-refractivity contribution >= 4 is 17.8 Å². The minimum absolute atomic E-state index is 0.524. The van der Waals surface area contributed by atoms with Crippen molar-refractivity contribution < 1.29 is 0 Å². The second-order valence-electron chi connectivity index (χ2n) is 4.89. The van der Waals surface area contributed by atoms with Crippen molar-refractivity contribution in [3.05, 3.63) is 58.4 Å². The Balaban J connectivity index is 2.01. The van der Waals surface area contributed by atoms with Crippen LogP contribution in [0.1, 0.15) is 22.9 Å². The van der Waals surface area contributed by atoms with Gasteiger partial charge in [-0.15, -0.1) is 10.2 Å². The van der Waals surface area contributed by atoms with E-state index in [1.807, 2.05) is 51.1 Å². The Hall–Kier alpha value is -2.47. The minimum atomic E-state index is 0.524. The fourth-order valence-electron chi connectivity index (χ4n) is 2.14. The van der Waals surface area contributed by atoms with Gasteiger partial charge in [-0.3, -0.25) is 0 Å². The van der Waals surface area contributed by atoms with E-state index in [9.17, 15) is 0 Å². The molecule has 0 aliphatic rings. The average molecular weight is 315 g/mol. The lowest BCUT2D eigenvalue weighted by Crippen LogP contribution is -1.97. The molecule has 22 heavy (non-hydrogen) atoms. The quantitative estimate of drug-likeness (QED) is 0.698. The first kappa shape index (κ1) is 14.5. The number of aryl methyl sites for hydroxylation is 3. The summed E-state index contributed by atoms with van der Waals surface area (Å²) in [6.07, 6.45) is 1.69. The van der Waals surface area contributed by atoms with E-state index in [2.05, 4.69) is 20.4 Å². The van der Waals surface area contributed by atoms with Crippen LogP contribution in [-0.2, 0) is 0 Å². The normalized spacial score (nSPS) is 11.5. The topological polar surface area (TPSA) is 60.9 Å². The van der Waals surface area contributed by atoms with E-state index >= 15 is 0 Å². The zero-order valence-corrected chi connectivity index (χ0v) is 13.3. The molecule has 0 atom stereocenters. The Morgan fingerprint density at radius 3 is 2.32 bits per heavy atom. The predicted molar refractivity (Wildman–Crippen MR) is 85.8 cm³/mol. The molecule has 0 saturated carbocycles. The number of para-hydroxylation sites is 1. The first-order valence-electron chi connectivity index (χ1n) is 6.81. The SMILES string of the molecule is Cc1nn(-c2ccccc2)c(Cl)c1/C=N\n1c(C)nnc1C. The first-order valence-corrected chi connectivity index (χ1v) is 7.19. The molecule has 0 aliphatic heterocycles. The van der Waals surface area contributed by atoms with E-state index in [0.717, 1.165) is 28.6 Å². The number of nitrogens with zero attached hydrogens (tertiary/aromatic N) is 6. The van der Waals surface area contributed by atoms with E-state index in [1.54, 1.807) is 15.6 Å². The van der Waals surface area contributed by atoms with Crippen molar-refractivity contribution in [1.29, 1.82) is 0 Å². The third-order valence-electron chi connectivity index (χ3n) is 3.30. The largest absolute Gasteiger partial charge is 0.221 e. The third-order valence-corrected chi connectivity index (χ3v) is 3.67. The van der Waals surface area contributed by atoms with Crippen LogP contribution in [0.25, 0.3) is 5.69 Å². The van der Waals surface area contributed by atoms with E-state index in [0.29, 0.717) is 5.15 Å². The number of benzene rings is 1. The van der Waals surface area contributed by atoms with Crippen LogP contribution in [0.3, 0.4) is 0 Å². The van der Waals surface area contributed by atoms with Gasteiger partial charge >= 0.3 is 0 Å². The van der Waals surface area contributed by atoms with Crippen LogP contribution >= 0.6 is 11.6 Å². The highest BCUT2D eigenvalue weighted by atomic mass is 35.5. The molecule has 0 spiro atoms. The third kappa shape index (κ3) is 2.53. The van der Waals surface area contributed by atoms with Crippen LogP contribution in [-0.4, -0.2) is 30.9 Å². The van der Waals surface area contributed by atoms with E-state index < -0.39 is 0 Å². The molecule has 3 aromatic rings. The van der Waals surface area contributed by atoms with Gasteiger partial charge in [0.1, 0.15) is 5.15 Å². The van der Waals surface area contributed by atoms with Gasteiger partial charge in [-0.25, -0.2) is 9.36 Å². The van der Waals surface area contributed by atoms with E-state index in [-0.39, 0.29) is 0 Å². The van der Waals surface area contributed by atoms with Crippen molar-refractivity contribution in [2.75, 3.05) is 0 Å². The molecular formula is C15H15ClN6. The Morgan fingerprint density at radius 2 is 1.68 bits per heavy atom. The van der Waals surface area contributed by atoms with E-state index in [4.69, 9.17) is 11.6 Å². The fraction of sp³-hybridized carbons (Fsp3) is 0.200. The summed E-state index contributed by atoms with van der Waals surface area (Å²) in [6, 6.07) is 9.75. The molecule has 1 aromatic carbocycles. The molecule has 0 radical (unpaired) electrons. The van der Waals surface area contributed by atoms with Crippen LogP contribution in [0.4, 0.5) is 0 Å². The lowest BCUT2D eigenvalue weighted by molar-refractivity contribution is 0.799. The van der Waals surface area contributed by atoms with Gasteiger partial charge in [0.2, 0.25) is 0 Å². The maximum Gasteiger partial charge on any atom is 0.151 e. The molecule has 0 unspecified atom stereocenters. The van der Waals surface area contributed by atoms with Crippen molar-refractivity contribution in [1.82, 2.24) is 24.7 Å². The zero-order valence-electron chi connectivity index (χ0n) is 12.5. The number of aromatic nitrogens is 5. The molecule has 0 aliphatic carbocycles. The fourth-order valence-corrected chi connectivity index (χ4v) is 2.47. The van der Waals surface area contributed by atoms with Gasteiger partial charge < -0.3 is 0 Å². The molecule has 0 fully saturated rings. The maximum atomic E-state index is 6.45. The van der Waals surface area contributed by atoms with Gasteiger partial charge in [0.25, 0.3) is 0 Å². The molecule has 2 aromatic heterocycles. The molecule has 112 valence electrons. The number of hydrogen-bond acceptors (Lipinski definition) is 4. The monoisotopic (exact) mass is 314 g/mol. The van der Waals surface area contributed by atoms with Crippen LogP contribution < -0.4 is 0 Å². The standard InChI is InChI=1S/C15H15ClN6/c1-10-14(9-17-21-11(2)18-19-12(21)3)15(16)22(20-10)13-7-5-4-6-8-13/h4-9H,1-3H3/b17-9-. The Kier molecular flexibility index (Phi) is 3.77. The van der Waals surface area contributed by atoms with Crippen molar-refractivity contribution in [3.63, 3.8) is 0 Å². The van der Waals surface area contributed by atoms with Gasteiger partial charge in [-0.1, -0.05) is 29.8 Å². The van der Waals surface area contributed by atoms with Crippen LogP contribution in [0.2, 0.25) is 5.15 Å². The van der Waals surface area contributed by atoms with Crippen molar-refractivity contribution in [2.45, 2.75) is 20.8 Å². The van der Waals surface area contributed by atoms with Crippen molar-refractivity contribution in [3.8, 4) is 5.69 Å². The molecule has 0 amide bonds. The minimum Gasteiger partial charge on any atom is -0.221 e. The molecule has 0 saturated heterocycles. The molecule has 7 heteroatoms. The Labute approximate surface area is 133 Å². The molecular weight excluding hydrogens is 300 g/mol. The Morgan fingerprint density at radius 1 is 1.05 bits per heavy atom. The lowest BCUT2D eigenvalue weighted by Gasteiger charge is -2.02. The summed E-state index contributed by atoms with van der Waals surface area (Å²) in [7, 11) is 0. The van der Waals surface area contributed by atoms with Gasteiger partial charge in [-0.2, -0.15) is 10.2 Å². The first-order chi connectivity index (χ1) is 10.6. The molecule has 3 rings (SSSR count). The number of halogens is 1. The average Bonchev–Trinajstić information content (AvgIpc) is 2.99. The predicted octanol–water partition coefficient (Wildman–Crippen LogP) is 2.92. The van der Waals surface area contributed by atoms with Gasteiger partial charge in [0.15, 0.2) is 11.6 Å². The summed E-state index contributed by atoms with van der Waals surface area (Å²) in [6.45, 7) is 5.59. The highest BCUT2D eigenvalue weighted by molar-refractivity contribution is 6.32. The summed E-state index contributed by atoms with van der Waals surface area (Å²) in [5.74, 6) is 1.44. The Bertz CT molecular complexity index is 812. The molecule has 0 N–H and O–H groups in total. The smallest absolute Gasteiger partial charge is 0.151 e. The van der Waals surface area contributed by atoms with Gasteiger partial charge in [-0.05, 0) is 32.9 Å².